The van der Waals surface area contributed by atoms with Gasteiger partial charge in [-0.25, -0.2) is 0 Å². The highest BCUT2D eigenvalue weighted by Crippen LogP contribution is 2.18. The average Bonchev–Trinajstić information content (AvgIpc) is 2.48. The van der Waals surface area contributed by atoms with E-state index < -0.39 is 0 Å². The van der Waals surface area contributed by atoms with Crippen LogP contribution in [0.3, 0.4) is 0 Å². The fourth-order valence-electron chi connectivity index (χ4n) is 2.15. The molecule has 20 heavy (non-hydrogen) atoms. The molecule has 0 radical (unpaired) electrons. The minimum absolute atomic E-state index is 0.0524. The van der Waals surface area contributed by atoms with Crippen molar-refractivity contribution in [3.05, 3.63) is 65.7 Å². The van der Waals surface area contributed by atoms with Gasteiger partial charge in [-0.15, -0.1) is 0 Å². The number of hydrogen-bond acceptors (Lipinski definition) is 2. The molecule has 2 aromatic carbocycles. The third kappa shape index (κ3) is 4.71. The number of nitrogens with two attached hydrogens (primary N) is 1. The minimum atomic E-state index is 0.0524. The van der Waals surface area contributed by atoms with E-state index in [0.29, 0.717) is 0 Å². The van der Waals surface area contributed by atoms with Crippen LogP contribution >= 0.6 is 0 Å². The van der Waals surface area contributed by atoms with Gasteiger partial charge in [0.15, 0.2) is 0 Å². The van der Waals surface area contributed by atoms with Gasteiger partial charge in [-0.3, -0.25) is 0 Å². The lowest BCUT2D eigenvalue weighted by Crippen LogP contribution is -2.05. The van der Waals surface area contributed by atoms with E-state index in [1.807, 2.05) is 31.2 Å². The molecule has 0 aliphatic rings. The van der Waals surface area contributed by atoms with Crippen molar-refractivity contribution < 1.29 is 4.74 Å². The lowest BCUT2D eigenvalue weighted by molar-refractivity contribution is 0.306. The molecule has 106 valence electrons. The number of rotatable bonds is 7. The van der Waals surface area contributed by atoms with Crippen LogP contribution < -0.4 is 10.5 Å². The summed E-state index contributed by atoms with van der Waals surface area (Å²) in [5.74, 6) is 0.916. The van der Waals surface area contributed by atoms with Gasteiger partial charge in [0.1, 0.15) is 5.75 Å². The molecule has 2 rings (SSSR count). The van der Waals surface area contributed by atoms with Gasteiger partial charge in [-0.1, -0.05) is 42.5 Å². The largest absolute Gasteiger partial charge is 0.494 e. The predicted octanol–water partition coefficient (Wildman–Crippen LogP) is 4.11. The van der Waals surface area contributed by atoms with E-state index in [9.17, 15) is 0 Å². The summed E-state index contributed by atoms with van der Waals surface area (Å²) >= 11 is 0. The van der Waals surface area contributed by atoms with E-state index in [0.717, 1.165) is 37.2 Å². The molecule has 2 heteroatoms. The third-order valence-electron chi connectivity index (χ3n) is 3.36. The first kappa shape index (κ1) is 14.6. The van der Waals surface area contributed by atoms with Gasteiger partial charge in [0.25, 0.3) is 0 Å². The van der Waals surface area contributed by atoms with E-state index >= 15 is 0 Å². The van der Waals surface area contributed by atoms with Crippen LogP contribution in [0.15, 0.2) is 54.6 Å². The average molecular weight is 269 g/mol. The fourth-order valence-corrected chi connectivity index (χ4v) is 2.15. The molecule has 0 fully saturated rings. The van der Waals surface area contributed by atoms with Crippen LogP contribution in [0.2, 0.25) is 0 Å². The van der Waals surface area contributed by atoms with Crippen LogP contribution in [0, 0.1) is 0 Å². The molecule has 0 saturated carbocycles. The third-order valence-corrected chi connectivity index (χ3v) is 3.36. The number of unbranched alkanes of at least 4 members (excludes halogenated alkanes) is 1. The molecular weight excluding hydrogens is 246 g/mol. The van der Waals surface area contributed by atoms with Crippen molar-refractivity contribution in [3.8, 4) is 5.75 Å². The molecule has 0 heterocycles. The van der Waals surface area contributed by atoms with Gasteiger partial charge in [-0.2, -0.15) is 0 Å². The Labute approximate surface area is 121 Å². The number of hydrogen-bond donors (Lipinski definition) is 1. The van der Waals surface area contributed by atoms with E-state index in [1.165, 1.54) is 5.56 Å². The van der Waals surface area contributed by atoms with Crippen molar-refractivity contribution in [2.75, 3.05) is 6.61 Å². The second-order valence-corrected chi connectivity index (χ2v) is 5.15. The summed E-state index contributed by atoms with van der Waals surface area (Å²) < 4.78 is 5.78. The lowest BCUT2D eigenvalue weighted by Gasteiger charge is -2.10. The highest BCUT2D eigenvalue weighted by atomic mass is 16.5. The molecule has 0 aliphatic heterocycles. The van der Waals surface area contributed by atoms with Crippen LogP contribution in [-0.2, 0) is 6.42 Å². The summed E-state index contributed by atoms with van der Waals surface area (Å²) in [5.41, 5.74) is 8.38. The highest BCUT2D eigenvalue weighted by molar-refractivity contribution is 5.30. The van der Waals surface area contributed by atoms with Gasteiger partial charge in [0, 0.05) is 6.04 Å². The zero-order valence-corrected chi connectivity index (χ0v) is 12.1. The van der Waals surface area contributed by atoms with E-state index in [1.54, 1.807) is 0 Å². The Bertz CT molecular complexity index is 508. The number of aryl methyl sites for hydroxylation is 1. The van der Waals surface area contributed by atoms with Crippen LogP contribution in [0.25, 0.3) is 0 Å². The van der Waals surface area contributed by atoms with Crippen molar-refractivity contribution in [2.24, 2.45) is 5.73 Å². The smallest absolute Gasteiger partial charge is 0.119 e. The summed E-state index contributed by atoms with van der Waals surface area (Å²) in [7, 11) is 0. The zero-order chi connectivity index (χ0) is 14.2. The SMILES string of the molecule is C[C@H](N)c1cccc(OCCCCc2ccccc2)c1. The standard InChI is InChI=1S/C18H23NO/c1-15(19)17-11-7-12-18(14-17)20-13-6-5-10-16-8-3-2-4-9-16/h2-4,7-9,11-12,14-15H,5-6,10,13,19H2,1H3/t15-/m0/s1. The Kier molecular flexibility index (Phi) is 5.63. The first-order valence-electron chi connectivity index (χ1n) is 7.28. The first-order valence-corrected chi connectivity index (χ1v) is 7.28. The van der Waals surface area contributed by atoms with Crippen LogP contribution in [0.1, 0.15) is 36.9 Å². The monoisotopic (exact) mass is 269 g/mol. The molecule has 0 bridgehead atoms. The topological polar surface area (TPSA) is 35.2 Å². The van der Waals surface area contributed by atoms with Gasteiger partial charge in [0.2, 0.25) is 0 Å². The maximum atomic E-state index is 5.87. The van der Waals surface area contributed by atoms with Crippen molar-refractivity contribution in [2.45, 2.75) is 32.2 Å². The molecule has 2 nitrogen and oxygen atoms in total. The Morgan fingerprint density at radius 3 is 2.55 bits per heavy atom. The van der Waals surface area contributed by atoms with E-state index in [2.05, 4.69) is 30.3 Å². The second-order valence-electron chi connectivity index (χ2n) is 5.15. The number of ether oxygens (including phenoxy) is 1. The van der Waals surface area contributed by atoms with Crippen molar-refractivity contribution in [1.29, 1.82) is 0 Å². The van der Waals surface area contributed by atoms with Crippen molar-refractivity contribution in [1.82, 2.24) is 0 Å². The van der Waals surface area contributed by atoms with Crippen LogP contribution in [0.5, 0.6) is 5.75 Å². The van der Waals surface area contributed by atoms with E-state index in [4.69, 9.17) is 10.5 Å². The molecule has 0 spiro atoms. The Morgan fingerprint density at radius 2 is 1.80 bits per heavy atom. The maximum absolute atomic E-state index is 5.87. The maximum Gasteiger partial charge on any atom is 0.119 e. The van der Waals surface area contributed by atoms with Crippen LogP contribution in [0.4, 0.5) is 0 Å². The highest BCUT2D eigenvalue weighted by Gasteiger charge is 2.01. The first-order chi connectivity index (χ1) is 9.75. The van der Waals surface area contributed by atoms with Gasteiger partial charge >= 0.3 is 0 Å². The molecule has 1 atom stereocenters. The normalized spacial score (nSPS) is 12.1. The Morgan fingerprint density at radius 1 is 1.00 bits per heavy atom. The van der Waals surface area contributed by atoms with Gasteiger partial charge in [-0.05, 0) is 49.4 Å². The van der Waals surface area contributed by atoms with Crippen LogP contribution in [-0.4, -0.2) is 6.61 Å². The molecule has 0 aromatic heterocycles. The summed E-state index contributed by atoms with van der Waals surface area (Å²) in [4.78, 5) is 0. The van der Waals surface area contributed by atoms with Gasteiger partial charge in [0.05, 0.1) is 6.61 Å². The number of benzene rings is 2. The molecular formula is C18H23NO. The second kappa shape index (κ2) is 7.71. The Hall–Kier alpha value is -1.80. The molecule has 0 amide bonds. The fraction of sp³-hybridized carbons (Fsp3) is 0.333. The molecule has 0 unspecified atom stereocenters. The quantitative estimate of drug-likeness (QED) is 0.768. The van der Waals surface area contributed by atoms with E-state index in [-0.39, 0.29) is 6.04 Å². The summed E-state index contributed by atoms with van der Waals surface area (Å²) in [6.07, 6.45) is 3.33. The predicted molar refractivity (Wildman–Crippen MR) is 83.9 cm³/mol. The lowest BCUT2D eigenvalue weighted by atomic mass is 10.1. The minimum Gasteiger partial charge on any atom is -0.494 e. The van der Waals surface area contributed by atoms with Gasteiger partial charge < -0.3 is 10.5 Å². The summed E-state index contributed by atoms with van der Waals surface area (Å²) in [6, 6.07) is 18.7. The summed E-state index contributed by atoms with van der Waals surface area (Å²) in [6.45, 7) is 2.74. The van der Waals surface area contributed by atoms with Crippen molar-refractivity contribution >= 4 is 0 Å². The molecule has 0 saturated heterocycles. The molecule has 2 N–H and O–H groups in total. The summed E-state index contributed by atoms with van der Waals surface area (Å²) in [5, 5.41) is 0. The zero-order valence-electron chi connectivity index (χ0n) is 12.1. The molecule has 2 aromatic rings. The molecule has 0 aliphatic carbocycles. The van der Waals surface area contributed by atoms with Crippen molar-refractivity contribution in [3.63, 3.8) is 0 Å². The Balaban J connectivity index is 1.69.